The maximum absolute atomic E-state index is 13.5. The third-order valence-electron chi connectivity index (χ3n) is 6.47. The number of aryl methyl sites for hydroxylation is 2. The summed E-state index contributed by atoms with van der Waals surface area (Å²) in [6.07, 6.45) is -4.83. The molecule has 0 aliphatic carbocycles. The first-order chi connectivity index (χ1) is 18.1. The number of ether oxygens (including phenoxy) is 3. The molecular formula is C28H36F3N3O5. The van der Waals surface area contributed by atoms with Gasteiger partial charge in [0.1, 0.15) is 16.9 Å². The van der Waals surface area contributed by atoms with Gasteiger partial charge in [0.2, 0.25) is 0 Å². The van der Waals surface area contributed by atoms with E-state index < -0.39 is 35.5 Å². The summed E-state index contributed by atoms with van der Waals surface area (Å²) in [6, 6.07) is 4.96. The van der Waals surface area contributed by atoms with Crippen LogP contribution in [0.2, 0.25) is 0 Å². The maximum atomic E-state index is 13.5. The van der Waals surface area contributed by atoms with Crippen LogP contribution < -0.4 is 4.74 Å². The number of pyridine rings is 1. The number of methoxy groups -OCH3 is 1. The van der Waals surface area contributed by atoms with Crippen molar-refractivity contribution < 1.29 is 37.0 Å². The molecule has 2 atom stereocenters. The Kier molecular flexibility index (Phi) is 9.15. The molecule has 0 N–H and O–H groups in total. The number of piperazine rings is 1. The molecule has 1 amide bonds. The largest absolute Gasteiger partial charge is 0.482 e. The minimum atomic E-state index is -4.56. The molecular weight excluding hydrogens is 515 g/mol. The first kappa shape index (κ1) is 30.2. The van der Waals surface area contributed by atoms with Crippen LogP contribution in [0.1, 0.15) is 66.5 Å². The van der Waals surface area contributed by atoms with Crippen molar-refractivity contribution in [3.63, 3.8) is 0 Å². The van der Waals surface area contributed by atoms with Gasteiger partial charge in [0.05, 0.1) is 18.4 Å². The van der Waals surface area contributed by atoms with Crippen molar-refractivity contribution in [2.45, 2.75) is 65.5 Å². The Morgan fingerprint density at radius 2 is 1.77 bits per heavy atom. The lowest BCUT2D eigenvalue weighted by Crippen LogP contribution is -2.55. The van der Waals surface area contributed by atoms with Crippen LogP contribution in [-0.2, 0) is 15.7 Å². The fraction of sp³-hybridized carbons (Fsp3) is 0.536. The smallest absolute Gasteiger partial charge is 0.416 e. The number of halogens is 3. The standard InChI is InChI=1S/C28H36F3N3O5/c1-17-12-21(25(35)37-7)23(13-18(17)2)38-24(22-14-20(8-9-32-22)28(29,30)31)16-33-10-11-34(19(3)15-33)26(36)39-27(4,5)6/h8-9,12-14,19,24H,10-11,15-16H2,1-7H3/t19-,24?/m1/s1. The van der Waals surface area contributed by atoms with Gasteiger partial charge in [-0.2, -0.15) is 13.2 Å². The third-order valence-corrected chi connectivity index (χ3v) is 6.47. The Bertz CT molecular complexity index is 1200. The summed E-state index contributed by atoms with van der Waals surface area (Å²) in [7, 11) is 1.25. The van der Waals surface area contributed by atoms with E-state index in [1.54, 1.807) is 37.8 Å². The van der Waals surface area contributed by atoms with Crippen LogP contribution in [0.5, 0.6) is 5.75 Å². The number of esters is 1. The molecule has 0 spiro atoms. The molecule has 214 valence electrons. The van der Waals surface area contributed by atoms with E-state index in [-0.39, 0.29) is 29.6 Å². The molecule has 1 saturated heterocycles. The molecule has 8 nitrogen and oxygen atoms in total. The van der Waals surface area contributed by atoms with Gasteiger partial charge in [-0.25, -0.2) is 9.59 Å². The predicted octanol–water partition coefficient (Wildman–Crippen LogP) is 5.57. The molecule has 11 heteroatoms. The van der Waals surface area contributed by atoms with Crippen LogP contribution in [-0.4, -0.2) is 71.8 Å². The second-order valence-electron chi connectivity index (χ2n) is 10.8. The van der Waals surface area contributed by atoms with Gasteiger partial charge in [0, 0.05) is 38.4 Å². The topological polar surface area (TPSA) is 81.2 Å². The molecule has 1 unspecified atom stereocenters. The number of amides is 1. The summed E-state index contributed by atoms with van der Waals surface area (Å²) in [4.78, 5) is 33.0. The molecule has 3 rings (SSSR count). The highest BCUT2D eigenvalue weighted by Gasteiger charge is 2.35. The molecule has 39 heavy (non-hydrogen) atoms. The van der Waals surface area contributed by atoms with Crippen molar-refractivity contribution in [3.8, 4) is 5.75 Å². The number of benzene rings is 1. The average Bonchev–Trinajstić information content (AvgIpc) is 2.83. The Morgan fingerprint density at radius 1 is 1.10 bits per heavy atom. The SMILES string of the molecule is COC(=O)c1cc(C)c(C)cc1OC(CN1CCN(C(=O)OC(C)(C)C)[C@H](C)C1)c1cc(C(F)(F)F)ccn1. The van der Waals surface area contributed by atoms with Gasteiger partial charge in [-0.05, 0) is 76.9 Å². The molecule has 1 fully saturated rings. The summed E-state index contributed by atoms with van der Waals surface area (Å²) >= 11 is 0. The van der Waals surface area contributed by atoms with E-state index in [1.807, 2.05) is 25.7 Å². The van der Waals surface area contributed by atoms with Crippen LogP contribution in [0.4, 0.5) is 18.0 Å². The average molecular weight is 552 g/mol. The minimum absolute atomic E-state index is 0.0705. The summed E-state index contributed by atoms with van der Waals surface area (Å²) in [6.45, 7) is 12.4. The number of hydrogen-bond acceptors (Lipinski definition) is 7. The van der Waals surface area contributed by atoms with E-state index in [1.165, 1.54) is 7.11 Å². The normalized spacial score (nSPS) is 17.5. The zero-order valence-corrected chi connectivity index (χ0v) is 23.4. The molecule has 1 aromatic heterocycles. The van der Waals surface area contributed by atoms with E-state index in [0.29, 0.717) is 19.6 Å². The van der Waals surface area contributed by atoms with Gasteiger partial charge >= 0.3 is 18.2 Å². The molecule has 1 aromatic carbocycles. The summed E-state index contributed by atoms with van der Waals surface area (Å²) in [5.74, 6) is -0.432. The number of aromatic nitrogens is 1. The summed E-state index contributed by atoms with van der Waals surface area (Å²) in [5, 5.41) is 0. The highest BCUT2D eigenvalue weighted by Crippen LogP contribution is 2.33. The van der Waals surface area contributed by atoms with Crippen LogP contribution in [0.15, 0.2) is 30.5 Å². The van der Waals surface area contributed by atoms with Gasteiger partial charge in [0.25, 0.3) is 0 Å². The van der Waals surface area contributed by atoms with Crippen molar-refractivity contribution in [1.29, 1.82) is 0 Å². The van der Waals surface area contributed by atoms with Crippen LogP contribution in [0.3, 0.4) is 0 Å². The number of hydrogen-bond donors (Lipinski definition) is 0. The Hall–Kier alpha value is -3.34. The fourth-order valence-corrected chi connectivity index (χ4v) is 4.33. The number of nitrogens with zero attached hydrogens (tertiary/aromatic N) is 3. The molecule has 1 aliphatic heterocycles. The van der Waals surface area contributed by atoms with E-state index >= 15 is 0 Å². The number of alkyl halides is 3. The van der Waals surface area contributed by atoms with Crippen molar-refractivity contribution in [2.75, 3.05) is 33.3 Å². The van der Waals surface area contributed by atoms with Crippen molar-refractivity contribution in [2.24, 2.45) is 0 Å². The van der Waals surface area contributed by atoms with Gasteiger partial charge < -0.3 is 19.1 Å². The van der Waals surface area contributed by atoms with Gasteiger partial charge in [-0.1, -0.05) is 0 Å². The summed E-state index contributed by atoms with van der Waals surface area (Å²) < 4.78 is 57.3. The second kappa shape index (κ2) is 11.8. The van der Waals surface area contributed by atoms with E-state index in [0.717, 1.165) is 29.5 Å². The minimum Gasteiger partial charge on any atom is -0.482 e. The lowest BCUT2D eigenvalue weighted by Gasteiger charge is -2.41. The molecule has 0 radical (unpaired) electrons. The zero-order chi connectivity index (χ0) is 29.1. The first-order valence-corrected chi connectivity index (χ1v) is 12.7. The highest BCUT2D eigenvalue weighted by molar-refractivity contribution is 5.92. The Balaban J connectivity index is 1.92. The first-order valence-electron chi connectivity index (χ1n) is 12.7. The zero-order valence-electron chi connectivity index (χ0n) is 23.4. The lowest BCUT2D eigenvalue weighted by molar-refractivity contribution is -0.137. The van der Waals surface area contributed by atoms with E-state index in [9.17, 15) is 22.8 Å². The van der Waals surface area contributed by atoms with Crippen LogP contribution >= 0.6 is 0 Å². The summed E-state index contributed by atoms with van der Waals surface area (Å²) in [5.41, 5.74) is 0.432. The van der Waals surface area contributed by atoms with Gasteiger partial charge in [-0.3, -0.25) is 9.88 Å². The van der Waals surface area contributed by atoms with E-state index in [2.05, 4.69) is 4.98 Å². The maximum Gasteiger partial charge on any atom is 0.416 e. The predicted molar refractivity (Wildman–Crippen MR) is 139 cm³/mol. The highest BCUT2D eigenvalue weighted by atomic mass is 19.4. The fourth-order valence-electron chi connectivity index (χ4n) is 4.33. The number of carbonyl (C=O) groups is 2. The lowest BCUT2D eigenvalue weighted by atomic mass is 10.0. The molecule has 2 heterocycles. The Morgan fingerprint density at radius 3 is 2.36 bits per heavy atom. The van der Waals surface area contributed by atoms with E-state index in [4.69, 9.17) is 14.2 Å². The van der Waals surface area contributed by atoms with Crippen LogP contribution in [0.25, 0.3) is 0 Å². The molecule has 2 aromatic rings. The monoisotopic (exact) mass is 551 g/mol. The molecule has 0 bridgehead atoms. The number of rotatable bonds is 6. The number of carbonyl (C=O) groups excluding carboxylic acids is 2. The van der Waals surface area contributed by atoms with Crippen molar-refractivity contribution in [3.05, 3.63) is 58.4 Å². The van der Waals surface area contributed by atoms with Crippen molar-refractivity contribution in [1.82, 2.24) is 14.8 Å². The van der Waals surface area contributed by atoms with Crippen LogP contribution in [0, 0.1) is 13.8 Å². The Labute approximate surface area is 227 Å². The second-order valence-corrected chi connectivity index (χ2v) is 10.8. The quantitative estimate of drug-likeness (QED) is 0.435. The third kappa shape index (κ3) is 7.84. The molecule has 1 aliphatic rings. The van der Waals surface area contributed by atoms with Gasteiger partial charge in [-0.15, -0.1) is 0 Å². The van der Waals surface area contributed by atoms with Gasteiger partial charge in [0.15, 0.2) is 6.10 Å². The van der Waals surface area contributed by atoms with Crippen molar-refractivity contribution >= 4 is 12.1 Å². The molecule has 0 saturated carbocycles.